The number of halogens is 1. The Hall–Kier alpha value is -2.40. The molecule has 4 aromatic carbocycles. The monoisotopic (exact) mass is 459 g/mol. The molecular formula is C30H33ClP+. The molecule has 0 aliphatic carbocycles. The van der Waals surface area contributed by atoms with Crippen LogP contribution in [0, 0.1) is 34.6 Å². The molecule has 0 N–H and O–H groups in total. The van der Waals surface area contributed by atoms with E-state index in [9.17, 15) is 0 Å². The van der Waals surface area contributed by atoms with E-state index in [0.29, 0.717) is 0 Å². The van der Waals surface area contributed by atoms with Gasteiger partial charge in [0.2, 0.25) is 0 Å². The quantitative estimate of drug-likeness (QED) is 0.278. The molecule has 0 amide bonds. The van der Waals surface area contributed by atoms with Gasteiger partial charge in [-0.25, -0.2) is 0 Å². The third-order valence-electron chi connectivity index (χ3n) is 7.14. The van der Waals surface area contributed by atoms with Crippen LogP contribution in [0.4, 0.5) is 0 Å². The molecular weight excluding hydrogens is 427 g/mol. The van der Waals surface area contributed by atoms with Crippen LogP contribution in [0.1, 0.15) is 33.4 Å². The molecule has 0 atom stereocenters. The smallest absolute Gasteiger partial charge is 0.116 e. The predicted molar refractivity (Wildman–Crippen MR) is 146 cm³/mol. The lowest BCUT2D eigenvalue weighted by atomic mass is 9.90. The molecule has 164 valence electrons. The van der Waals surface area contributed by atoms with E-state index in [4.69, 9.17) is 0 Å². The van der Waals surface area contributed by atoms with E-state index >= 15 is 0 Å². The maximum Gasteiger partial charge on any atom is 0.116 e. The van der Waals surface area contributed by atoms with Crippen molar-refractivity contribution < 1.29 is 0 Å². The highest BCUT2D eigenvalue weighted by Gasteiger charge is 2.46. The van der Waals surface area contributed by atoms with Gasteiger partial charge in [0, 0.05) is 0 Å². The molecule has 0 fully saturated rings. The van der Waals surface area contributed by atoms with Crippen LogP contribution >= 0.6 is 19.7 Å². The van der Waals surface area contributed by atoms with Crippen molar-refractivity contribution in [3.05, 3.63) is 124 Å². The van der Waals surface area contributed by atoms with Crippen LogP contribution in [0.3, 0.4) is 0 Å². The van der Waals surface area contributed by atoms with E-state index < -0.39 is 7.26 Å². The summed E-state index contributed by atoms with van der Waals surface area (Å²) in [5.74, 6) is 0. The lowest BCUT2D eigenvalue weighted by Crippen LogP contribution is -2.33. The van der Waals surface area contributed by atoms with Crippen molar-refractivity contribution in [2.24, 2.45) is 0 Å². The summed E-state index contributed by atoms with van der Waals surface area (Å²) in [4.78, 5) is 0. The van der Waals surface area contributed by atoms with Gasteiger partial charge in [-0.3, -0.25) is 0 Å². The summed E-state index contributed by atoms with van der Waals surface area (Å²) >= 11 is 0. The Balaban J connectivity index is 0.00000289. The third kappa shape index (κ3) is 4.15. The van der Waals surface area contributed by atoms with Crippen molar-refractivity contribution in [3.63, 3.8) is 0 Å². The number of hydrogen-bond donors (Lipinski definition) is 0. The van der Waals surface area contributed by atoms with E-state index in [-0.39, 0.29) is 12.4 Å². The first-order chi connectivity index (χ1) is 15.0. The van der Waals surface area contributed by atoms with Crippen LogP contribution in [-0.2, 0) is 6.16 Å². The summed E-state index contributed by atoms with van der Waals surface area (Å²) in [7, 11) is -1.88. The summed E-state index contributed by atoms with van der Waals surface area (Å²) in [5.41, 5.74) is 8.73. The SMILES string of the molecule is Cc1c(C)c(C)c(C[P+](c2ccccc2)(c2ccccc2)c2ccccc2)c(C)c1C.Cl. The van der Waals surface area contributed by atoms with Gasteiger partial charge in [0.15, 0.2) is 0 Å². The lowest BCUT2D eigenvalue weighted by molar-refractivity contribution is 1.11. The van der Waals surface area contributed by atoms with Crippen molar-refractivity contribution in [2.75, 3.05) is 0 Å². The number of rotatable bonds is 5. The van der Waals surface area contributed by atoms with Gasteiger partial charge < -0.3 is 0 Å². The Labute approximate surface area is 200 Å². The van der Waals surface area contributed by atoms with E-state index in [1.807, 2.05) is 0 Å². The zero-order valence-corrected chi connectivity index (χ0v) is 21.4. The molecule has 0 aliphatic heterocycles. The van der Waals surface area contributed by atoms with Crippen LogP contribution in [0.5, 0.6) is 0 Å². The first-order valence-corrected chi connectivity index (χ1v) is 13.0. The van der Waals surface area contributed by atoms with E-state index in [0.717, 1.165) is 6.16 Å². The minimum atomic E-state index is -1.88. The molecule has 0 aliphatic rings. The minimum Gasteiger partial charge on any atom is -0.147 e. The normalized spacial score (nSPS) is 11.2. The summed E-state index contributed by atoms with van der Waals surface area (Å²) in [5, 5.41) is 4.34. The van der Waals surface area contributed by atoms with E-state index in [1.165, 1.54) is 49.3 Å². The standard InChI is InChI=1S/C30H32P.ClH/c1-22-23(2)25(4)30(26(5)24(22)3)21-31(27-15-9-6-10-16-27,28-17-11-7-12-18-28)29-19-13-8-14-20-29;/h6-20H,21H2,1-5H3;1H/q+1;. The first-order valence-electron chi connectivity index (χ1n) is 11.1. The molecule has 4 rings (SSSR count). The van der Waals surface area contributed by atoms with Crippen LogP contribution in [0.25, 0.3) is 0 Å². The molecule has 0 spiro atoms. The fourth-order valence-corrected chi connectivity index (χ4v) is 9.25. The van der Waals surface area contributed by atoms with E-state index in [2.05, 4.69) is 126 Å². The van der Waals surface area contributed by atoms with Gasteiger partial charge in [0.1, 0.15) is 23.2 Å². The topological polar surface area (TPSA) is 0 Å². The molecule has 0 radical (unpaired) electrons. The highest BCUT2D eigenvalue weighted by molar-refractivity contribution is 7.95. The fourth-order valence-electron chi connectivity index (χ4n) is 4.82. The average molecular weight is 460 g/mol. The molecule has 32 heavy (non-hydrogen) atoms. The zero-order valence-electron chi connectivity index (χ0n) is 19.7. The highest BCUT2D eigenvalue weighted by Crippen LogP contribution is 2.59. The molecule has 0 heterocycles. The maximum absolute atomic E-state index is 2.34. The second kappa shape index (κ2) is 10.0. The Morgan fingerprint density at radius 1 is 0.438 bits per heavy atom. The molecule has 0 saturated carbocycles. The van der Waals surface area contributed by atoms with Crippen LogP contribution in [-0.4, -0.2) is 0 Å². The summed E-state index contributed by atoms with van der Waals surface area (Å²) in [6.45, 7) is 11.5. The van der Waals surface area contributed by atoms with Gasteiger partial charge in [0.05, 0.1) is 6.16 Å². The van der Waals surface area contributed by atoms with Crippen LogP contribution < -0.4 is 15.9 Å². The molecule has 2 heteroatoms. The largest absolute Gasteiger partial charge is 0.147 e. The predicted octanol–water partition coefficient (Wildman–Crippen LogP) is 7.14. The van der Waals surface area contributed by atoms with Gasteiger partial charge in [0.25, 0.3) is 0 Å². The first kappa shape index (κ1) is 24.2. The van der Waals surface area contributed by atoms with Gasteiger partial charge in [-0.05, 0) is 104 Å². The van der Waals surface area contributed by atoms with Gasteiger partial charge in [-0.15, -0.1) is 12.4 Å². The second-order valence-electron chi connectivity index (χ2n) is 8.58. The highest BCUT2D eigenvalue weighted by atomic mass is 35.5. The maximum atomic E-state index is 2.34. The van der Waals surface area contributed by atoms with E-state index in [1.54, 1.807) is 0 Å². The molecule has 0 aromatic heterocycles. The molecule has 0 unspecified atom stereocenters. The Kier molecular flexibility index (Phi) is 7.60. The van der Waals surface area contributed by atoms with Crippen molar-refractivity contribution in [3.8, 4) is 0 Å². The summed E-state index contributed by atoms with van der Waals surface area (Å²) < 4.78 is 0. The summed E-state index contributed by atoms with van der Waals surface area (Å²) in [6, 6.07) is 33.6. The van der Waals surface area contributed by atoms with Gasteiger partial charge in [-0.2, -0.15) is 0 Å². The fraction of sp³-hybridized carbons (Fsp3) is 0.200. The summed E-state index contributed by atoms with van der Waals surface area (Å²) in [6.07, 6.45) is 1.05. The number of hydrogen-bond acceptors (Lipinski definition) is 0. The van der Waals surface area contributed by atoms with Crippen molar-refractivity contribution in [1.82, 2.24) is 0 Å². The molecule has 0 saturated heterocycles. The van der Waals surface area contributed by atoms with Crippen molar-refractivity contribution >= 4 is 35.6 Å². The minimum absolute atomic E-state index is 0. The van der Waals surface area contributed by atoms with Crippen LogP contribution in [0.2, 0.25) is 0 Å². The second-order valence-corrected chi connectivity index (χ2v) is 12.1. The lowest BCUT2D eigenvalue weighted by Gasteiger charge is -2.30. The van der Waals surface area contributed by atoms with Crippen molar-refractivity contribution in [2.45, 2.75) is 40.8 Å². The Bertz CT molecular complexity index is 1060. The average Bonchev–Trinajstić information content (AvgIpc) is 2.83. The third-order valence-corrected chi connectivity index (χ3v) is 11.5. The molecule has 4 aromatic rings. The van der Waals surface area contributed by atoms with Crippen molar-refractivity contribution in [1.29, 1.82) is 0 Å². The Morgan fingerprint density at radius 2 is 0.719 bits per heavy atom. The van der Waals surface area contributed by atoms with Gasteiger partial charge >= 0.3 is 0 Å². The Morgan fingerprint density at radius 3 is 1.03 bits per heavy atom. The van der Waals surface area contributed by atoms with Gasteiger partial charge in [-0.1, -0.05) is 54.6 Å². The molecule has 0 nitrogen and oxygen atoms in total. The van der Waals surface area contributed by atoms with Crippen LogP contribution in [0.15, 0.2) is 91.0 Å². The zero-order chi connectivity index (χ0) is 22.0. The number of benzene rings is 4. The molecule has 0 bridgehead atoms.